The number of hydrogen-bond acceptors (Lipinski definition) is 2. The van der Waals surface area contributed by atoms with E-state index in [1.807, 2.05) is 0 Å². The van der Waals surface area contributed by atoms with Crippen LogP contribution in [0.5, 0.6) is 0 Å². The van der Waals surface area contributed by atoms with Crippen molar-refractivity contribution in [3.05, 3.63) is 12.7 Å². The molecule has 0 radical (unpaired) electrons. The monoisotopic (exact) mass is 154 g/mol. The van der Waals surface area contributed by atoms with Gasteiger partial charge in [0.25, 0.3) is 0 Å². The topological polar surface area (TPSA) is 26.3 Å². The van der Waals surface area contributed by atoms with Crippen molar-refractivity contribution in [3.63, 3.8) is 0 Å². The highest BCUT2D eigenvalue weighted by Crippen LogP contribution is 2.33. The Morgan fingerprint density at radius 2 is 2.36 bits per heavy atom. The Morgan fingerprint density at radius 1 is 1.64 bits per heavy atom. The van der Waals surface area contributed by atoms with Crippen molar-refractivity contribution in [2.75, 3.05) is 6.61 Å². The molecule has 0 heterocycles. The Bertz CT molecular complexity index is 148. The molecule has 1 saturated carbocycles. The third-order valence-corrected chi connectivity index (χ3v) is 1.82. The summed E-state index contributed by atoms with van der Waals surface area (Å²) in [5.74, 6) is 0.725. The van der Waals surface area contributed by atoms with Gasteiger partial charge in [0.2, 0.25) is 0 Å². The van der Waals surface area contributed by atoms with Crippen molar-refractivity contribution in [1.82, 2.24) is 0 Å². The molecule has 0 aliphatic heterocycles. The van der Waals surface area contributed by atoms with Gasteiger partial charge in [-0.05, 0) is 12.3 Å². The van der Waals surface area contributed by atoms with Gasteiger partial charge < -0.3 is 4.74 Å². The summed E-state index contributed by atoms with van der Waals surface area (Å²) < 4.78 is 4.81. The molecule has 0 N–H and O–H groups in total. The smallest absolute Gasteiger partial charge is 0.306 e. The SMILES string of the molecule is C=CCOC(=O)CCC1CC1. The molecule has 2 heteroatoms. The van der Waals surface area contributed by atoms with E-state index in [-0.39, 0.29) is 5.97 Å². The first-order valence-corrected chi connectivity index (χ1v) is 4.09. The van der Waals surface area contributed by atoms with Gasteiger partial charge in [-0.1, -0.05) is 25.5 Å². The first-order chi connectivity index (χ1) is 5.33. The van der Waals surface area contributed by atoms with Crippen LogP contribution in [0.4, 0.5) is 0 Å². The van der Waals surface area contributed by atoms with Gasteiger partial charge in [-0.2, -0.15) is 0 Å². The van der Waals surface area contributed by atoms with Crippen LogP contribution in [0.3, 0.4) is 0 Å². The van der Waals surface area contributed by atoms with Gasteiger partial charge in [-0.15, -0.1) is 0 Å². The number of carbonyl (C=O) groups excluding carboxylic acids is 1. The number of hydrogen-bond donors (Lipinski definition) is 0. The minimum absolute atomic E-state index is 0.0863. The van der Waals surface area contributed by atoms with Crippen molar-refractivity contribution >= 4 is 5.97 Å². The van der Waals surface area contributed by atoms with Crippen molar-refractivity contribution in [2.45, 2.75) is 25.7 Å². The van der Waals surface area contributed by atoms with Crippen molar-refractivity contribution in [3.8, 4) is 0 Å². The van der Waals surface area contributed by atoms with E-state index in [4.69, 9.17) is 4.74 Å². The van der Waals surface area contributed by atoms with E-state index in [2.05, 4.69) is 6.58 Å². The molecule has 62 valence electrons. The molecule has 1 rings (SSSR count). The number of esters is 1. The summed E-state index contributed by atoms with van der Waals surface area (Å²) in [4.78, 5) is 10.9. The van der Waals surface area contributed by atoms with Gasteiger partial charge in [0.1, 0.15) is 6.61 Å². The molecular formula is C9H14O2. The van der Waals surface area contributed by atoms with Gasteiger partial charge in [-0.3, -0.25) is 4.79 Å². The van der Waals surface area contributed by atoms with Crippen LogP contribution >= 0.6 is 0 Å². The van der Waals surface area contributed by atoms with E-state index in [9.17, 15) is 4.79 Å². The van der Waals surface area contributed by atoms with E-state index in [0.717, 1.165) is 12.3 Å². The molecule has 0 atom stereocenters. The lowest BCUT2D eigenvalue weighted by molar-refractivity contribution is -0.142. The fourth-order valence-corrected chi connectivity index (χ4v) is 0.953. The maximum absolute atomic E-state index is 10.9. The number of rotatable bonds is 5. The van der Waals surface area contributed by atoms with E-state index >= 15 is 0 Å². The zero-order chi connectivity index (χ0) is 8.10. The maximum atomic E-state index is 10.9. The van der Waals surface area contributed by atoms with Crippen LogP contribution in [-0.2, 0) is 9.53 Å². The Kier molecular flexibility index (Phi) is 3.14. The number of ether oxygens (including phenoxy) is 1. The molecule has 2 nitrogen and oxygen atoms in total. The molecule has 1 aliphatic carbocycles. The zero-order valence-electron chi connectivity index (χ0n) is 6.71. The fraction of sp³-hybridized carbons (Fsp3) is 0.667. The molecule has 1 fully saturated rings. The minimum atomic E-state index is -0.0863. The molecule has 0 bridgehead atoms. The van der Waals surface area contributed by atoms with E-state index in [0.29, 0.717) is 13.0 Å². The van der Waals surface area contributed by atoms with Crippen LogP contribution < -0.4 is 0 Å². The maximum Gasteiger partial charge on any atom is 0.306 e. The Morgan fingerprint density at radius 3 is 2.91 bits per heavy atom. The summed E-state index contributed by atoms with van der Waals surface area (Å²) in [6.07, 6.45) is 5.78. The quantitative estimate of drug-likeness (QED) is 0.446. The second kappa shape index (κ2) is 4.16. The molecule has 0 aromatic carbocycles. The zero-order valence-corrected chi connectivity index (χ0v) is 6.71. The highest BCUT2D eigenvalue weighted by Gasteiger charge is 2.21. The Hall–Kier alpha value is -0.790. The van der Waals surface area contributed by atoms with Gasteiger partial charge in [-0.25, -0.2) is 0 Å². The normalized spacial score (nSPS) is 16.0. The van der Waals surface area contributed by atoms with Crippen LogP contribution in [0.15, 0.2) is 12.7 Å². The molecule has 0 aromatic heterocycles. The molecule has 0 amide bonds. The summed E-state index contributed by atoms with van der Waals surface area (Å²) in [7, 11) is 0. The fourth-order valence-electron chi connectivity index (χ4n) is 0.953. The lowest BCUT2D eigenvalue weighted by Crippen LogP contribution is -2.03. The first-order valence-electron chi connectivity index (χ1n) is 4.09. The average molecular weight is 154 g/mol. The molecule has 0 aromatic rings. The van der Waals surface area contributed by atoms with Crippen LogP contribution in [0.1, 0.15) is 25.7 Å². The van der Waals surface area contributed by atoms with Crippen molar-refractivity contribution < 1.29 is 9.53 Å². The van der Waals surface area contributed by atoms with E-state index in [1.165, 1.54) is 12.8 Å². The van der Waals surface area contributed by atoms with Gasteiger partial charge in [0.15, 0.2) is 0 Å². The molecule has 0 unspecified atom stereocenters. The third kappa shape index (κ3) is 3.81. The standard InChI is InChI=1S/C9H14O2/c1-2-7-11-9(10)6-5-8-3-4-8/h2,8H,1,3-7H2. The van der Waals surface area contributed by atoms with Gasteiger partial charge in [0.05, 0.1) is 0 Å². The Labute approximate surface area is 67.2 Å². The predicted molar refractivity (Wildman–Crippen MR) is 43.1 cm³/mol. The van der Waals surface area contributed by atoms with Crippen LogP contribution in [0.2, 0.25) is 0 Å². The second-order valence-electron chi connectivity index (χ2n) is 2.95. The molecule has 0 spiro atoms. The van der Waals surface area contributed by atoms with E-state index in [1.54, 1.807) is 6.08 Å². The second-order valence-corrected chi connectivity index (χ2v) is 2.95. The minimum Gasteiger partial charge on any atom is -0.461 e. The summed E-state index contributed by atoms with van der Waals surface area (Å²) >= 11 is 0. The Balaban J connectivity index is 1.95. The predicted octanol–water partition coefficient (Wildman–Crippen LogP) is 1.91. The highest BCUT2D eigenvalue weighted by molar-refractivity contribution is 5.69. The average Bonchev–Trinajstić information content (AvgIpc) is 2.80. The molecule has 1 aliphatic rings. The largest absolute Gasteiger partial charge is 0.461 e. The number of carbonyl (C=O) groups is 1. The summed E-state index contributed by atoms with van der Waals surface area (Å²) in [5, 5.41) is 0. The van der Waals surface area contributed by atoms with Gasteiger partial charge in [0, 0.05) is 6.42 Å². The summed E-state index contributed by atoms with van der Waals surface area (Å²) in [6.45, 7) is 3.81. The first kappa shape index (κ1) is 8.31. The van der Waals surface area contributed by atoms with Crippen LogP contribution in [0.25, 0.3) is 0 Å². The van der Waals surface area contributed by atoms with E-state index < -0.39 is 0 Å². The molecular weight excluding hydrogens is 140 g/mol. The highest BCUT2D eigenvalue weighted by atomic mass is 16.5. The summed E-state index contributed by atoms with van der Waals surface area (Å²) in [5.41, 5.74) is 0. The molecule has 0 saturated heterocycles. The van der Waals surface area contributed by atoms with Crippen LogP contribution in [-0.4, -0.2) is 12.6 Å². The van der Waals surface area contributed by atoms with Crippen molar-refractivity contribution in [2.24, 2.45) is 5.92 Å². The lowest BCUT2D eigenvalue weighted by atomic mass is 10.2. The third-order valence-electron chi connectivity index (χ3n) is 1.82. The van der Waals surface area contributed by atoms with Crippen LogP contribution in [0, 0.1) is 5.92 Å². The lowest BCUT2D eigenvalue weighted by Gasteiger charge is -1.99. The molecule has 11 heavy (non-hydrogen) atoms. The van der Waals surface area contributed by atoms with Gasteiger partial charge >= 0.3 is 5.97 Å². The van der Waals surface area contributed by atoms with Crippen molar-refractivity contribution in [1.29, 1.82) is 0 Å². The summed E-state index contributed by atoms with van der Waals surface area (Å²) in [6, 6.07) is 0.